The minimum atomic E-state index is 0.0930. The average molecular weight is 356 g/mol. The smallest absolute Gasteiger partial charge is 0.230 e. The summed E-state index contributed by atoms with van der Waals surface area (Å²) < 4.78 is 1.10. The summed E-state index contributed by atoms with van der Waals surface area (Å²) in [6.07, 6.45) is 3.89. The molecule has 0 spiro atoms. The molecule has 2 aromatic carbocycles. The fourth-order valence-corrected chi connectivity index (χ4v) is 4.15. The van der Waals surface area contributed by atoms with E-state index in [1.807, 2.05) is 11.0 Å². The number of halogens is 1. The molecule has 112 valence electrons. The Hall–Kier alpha value is -1.61. The minimum absolute atomic E-state index is 0.0930. The fourth-order valence-electron chi connectivity index (χ4n) is 3.74. The highest BCUT2D eigenvalue weighted by Crippen LogP contribution is 2.33. The minimum Gasteiger partial charge on any atom is -0.312 e. The lowest BCUT2D eigenvalue weighted by Crippen LogP contribution is -2.40. The van der Waals surface area contributed by atoms with Crippen LogP contribution in [0.1, 0.15) is 23.1 Å². The van der Waals surface area contributed by atoms with Crippen LogP contribution < -0.4 is 4.90 Å². The van der Waals surface area contributed by atoms with E-state index in [1.54, 1.807) is 0 Å². The van der Waals surface area contributed by atoms with Crippen molar-refractivity contribution in [3.05, 3.63) is 63.6 Å². The summed E-state index contributed by atoms with van der Waals surface area (Å²) in [5, 5.41) is 0. The Morgan fingerprint density at radius 3 is 2.77 bits per heavy atom. The third-order valence-corrected chi connectivity index (χ3v) is 5.32. The molecule has 0 N–H and O–H groups in total. The number of benzene rings is 2. The number of carbonyl (C=O) groups is 1. The van der Waals surface area contributed by atoms with Crippen molar-refractivity contribution in [2.45, 2.75) is 25.7 Å². The molecule has 4 rings (SSSR count). The van der Waals surface area contributed by atoms with Gasteiger partial charge in [-0.05, 0) is 60.6 Å². The maximum absolute atomic E-state index is 13.0. The van der Waals surface area contributed by atoms with Crippen molar-refractivity contribution in [2.24, 2.45) is 5.92 Å². The summed E-state index contributed by atoms with van der Waals surface area (Å²) in [5.74, 6) is 0.384. The number of rotatable bonds is 1. The van der Waals surface area contributed by atoms with Gasteiger partial charge < -0.3 is 4.90 Å². The van der Waals surface area contributed by atoms with E-state index < -0.39 is 0 Å². The molecule has 0 fully saturated rings. The van der Waals surface area contributed by atoms with E-state index in [2.05, 4.69) is 52.3 Å². The van der Waals surface area contributed by atoms with E-state index in [0.29, 0.717) is 5.91 Å². The van der Waals surface area contributed by atoms with Crippen LogP contribution in [-0.4, -0.2) is 12.5 Å². The number of amides is 1. The Bertz CT molecular complexity index is 740. The second-order valence-corrected chi connectivity index (χ2v) is 7.16. The SMILES string of the molecule is O=C(C1Cc2ccc(Br)cc2C1)N1CCCc2ccccc21. The molecule has 1 unspecified atom stereocenters. The van der Waals surface area contributed by atoms with Crippen molar-refractivity contribution in [1.29, 1.82) is 0 Å². The molecule has 1 amide bonds. The fraction of sp³-hybridized carbons (Fsp3) is 0.316. The standard InChI is InChI=1S/C19H18BrNO/c20-17-8-7-14-10-16(11-15(14)12-17)19(22)21-9-3-5-13-4-1-2-6-18(13)21/h1-2,4,6-8,12,16H,3,5,9-11H2. The second-order valence-electron chi connectivity index (χ2n) is 6.24. The Morgan fingerprint density at radius 2 is 1.86 bits per heavy atom. The molecular formula is C19H18BrNO. The van der Waals surface area contributed by atoms with Crippen LogP contribution in [0.5, 0.6) is 0 Å². The highest BCUT2D eigenvalue weighted by Gasteiger charge is 2.32. The quantitative estimate of drug-likeness (QED) is 0.752. The topological polar surface area (TPSA) is 20.3 Å². The van der Waals surface area contributed by atoms with Gasteiger partial charge in [-0.3, -0.25) is 4.79 Å². The van der Waals surface area contributed by atoms with Gasteiger partial charge in [0.1, 0.15) is 0 Å². The van der Waals surface area contributed by atoms with Crippen molar-refractivity contribution in [3.8, 4) is 0 Å². The van der Waals surface area contributed by atoms with E-state index in [4.69, 9.17) is 0 Å². The zero-order valence-corrected chi connectivity index (χ0v) is 14.0. The molecule has 0 radical (unpaired) electrons. The van der Waals surface area contributed by atoms with Crippen LogP contribution >= 0.6 is 15.9 Å². The molecule has 1 aliphatic heterocycles. The first kappa shape index (κ1) is 14.0. The first-order valence-corrected chi connectivity index (χ1v) is 8.68. The van der Waals surface area contributed by atoms with Gasteiger partial charge in [0.25, 0.3) is 0 Å². The van der Waals surface area contributed by atoms with Gasteiger partial charge in [0.2, 0.25) is 5.91 Å². The van der Waals surface area contributed by atoms with Gasteiger partial charge in [0.15, 0.2) is 0 Å². The summed E-state index contributed by atoms with van der Waals surface area (Å²) >= 11 is 3.52. The predicted octanol–water partition coefficient (Wildman–Crippen LogP) is 4.14. The van der Waals surface area contributed by atoms with Crippen LogP contribution in [0.15, 0.2) is 46.9 Å². The Balaban J connectivity index is 1.60. The lowest BCUT2D eigenvalue weighted by atomic mass is 9.98. The first-order valence-electron chi connectivity index (χ1n) is 7.89. The van der Waals surface area contributed by atoms with Crippen molar-refractivity contribution in [3.63, 3.8) is 0 Å². The van der Waals surface area contributed by atoms with Crippen LogP contribution in [0, 0.1) is 5.92 Å². The largest absolute Gasteiger partial charge is 0.312 e. The molecule has 3 heteroatoms. The zero-order chi connectivity index (χ0) is 15.1. The summed E-state index contributed by atoms with van der Waals surface area (Å²) in [6.45, 7) is 0.854. The zero-order valence-electron chi connectivity index (χ0n) is 12.4. The number of aryl methyl sites for hydroxylation is 1. The third-order valence-electron chi connectivity index (χ3n) is 4.83. The van der Waals surface area contributed by atoms with Gasteiger partial charge in [-0.2, -0.15) is 0 Å². The highest BCUT2D eigenvalue weighted by atomic mass is 79.9. The van der Waals surface area contributed by atoms with E-state index in [1.165, 1.54) is 16.7 Å². The number of para-hydroxylation sites is 1. The normalized spacial score (nSPS) is 19.7. The number of hydrogen-bond acceptors (Lipinski definition) is 1. The molecule has 1 aliphatic carbocycles. The molecule has 2 nitrogen and oxygen atoms in total. The van der Waals surface area contributed by atoms with Gasteiger partial charge in [0, 0.05) is 22.6 Å². The maximum atomic E-state index is 13.0. The summed E-state index contributed by atoms with van der Waals surface area (Å²) in [5.41, 5.74) is 5.07. The van der Waals surface area contributed by atoms with E-state index >= 15 is 0 Å². The van der Waals surface area contributed by atoms with Crippen molar-refractivity contribution >= 4 is 27.5 Å². The third kappa shape index (κ3) is 2.38. The van der Waals surface area contributed by atoms with Gasteiger partial charge in [-0.25, -0.2) is 0 Å². The van der Waals surface area contributed by atoms with Crippen molar-refractivity contribution in [2.75, 3.05) is 11.4 Å². The maximum Gasteiger partial charge on any atom is 0.230 e. The molecule has 22 heavy (non-hydrogen) atoms. The van der Waals surface area contributed by atoms with Crippen molar-refractivity contribution < 1.29 is 4.79 Å². The highest BCUT2D eigenvalue weighted by molar-refractivity contribution is 9.10. The number of hydrogen-bond donors (Lipinski definition) is 0. The summed E-state index contributed by atoms with van der Waals surface area (Å²) in [6, 6.07) is 14.7. The van der Waals surface area contributed by atoms with Crippen LogP contribution in [-0.2, 0) is 24.1 Å². The first-order chi connectivity index (χ1) is 10.7. The Labute approximate surface area is 139 Å². The molecule has 2 aromatic rings. The summed E-state index contributed by atoms with van der Waals surface area (Å²) in [4.78, 5) is 15.0. The monoisotopic (exact) mass is 355 g/mol. The molecule has 0 bridgehead atoms. The Morgan fingerprint density at radius 1 is 1.05 bits per heavy atom. The molecule has 1 atom stereocenters. The number of carbonyl (C=O) groups excluding carboxylic acids is 1. The molecule has 0 saturated heterocycles. The lowest BCUT2D eigenvalue weighted by molar-refractivity contribution is -0.122. The number of nitrogens with zero attached hydrogens (tertiary/aromatic N) is 1. The second kappa shape index (κ2) is 5.54. The van der Waals surface area contributed by atoms with Crippen LogP contribution in [0.25, 0.3) is 0 Å². The lowest BCUT2D eigenvalue weighted by Gasteiger charge is -2.31. The van der Waals surface area contributed by atoms with Crippen LogP contribution in [0.3, 0.4) is 0 Å². The molecule has 0 saturated carbocycles. The van der Waals surface area contributed by atoms with Gasteiger partial charge >= 0.3 is 0 Å². The van der Waals surface area contributed by atoms with Crippen LogP contribution in [0.4, 0.5) is 5.69 Å². The van der Waals surface area contributed by atoms with Gasteiger partial charge in [-0.15, -0.1) is 0 Å². The number of anilines is 1. The van der Waals surface area contributed by atoms with Gasteiger partial charge in [-0.1, -0.05) is 40.2 Å². The van der Waals surface area contributed by atoms with E-state index in [0.717, 1.165) is 42.4 Å². The van der Waals surface area contributed by atoms with Crippen molar-refractivity contribution in [1.82, 2.24) is 0 Å². The molecule has 2 aliphatic rings. The summed E-state index contributed by atoms with van der Waals surface area (Å²) in [7, 11) is 0. The Kier molecular flexibility index (Phi) is 3.53. The van der Waals surface area contributed by atoms with Crippen LogP contribution in [0.2, 0.25) is 0 Å². The molecule has 1 heterocycles. The number of fused-ring (bicyclic) bond motifs is 2. The average Bonchev–Trinajstić information content (AvgIpc) is 2.96. The van der Waals surface area contributed by atoms with E-state index in [-0.39, 0.29) is 5.92 Å². The van der Waals surface area contributed by atoms with Gasteiger partial charge in [0.05, 0.1) is 0 Å². The molecular weight excluding hydrogens is 338 g/mol. The van der Waals surface area contributed by atoms with E-state index in [9.17, 15) is 4.79 Å². The predicted molar refractivity (Wildman–Crippen MR) is 92.2 cm³/mol. The molecule has 0 aromatic heterocycles.